The summed E-state index contributed by atoms with van der Waals surface area (Å²) in [6.07, 6.45) is 6.81. The van der Waals surface area contributed by atoms with Crippen LogP contribution in [0.1, 0.15) is 24.5 Å². The van der Waals surface area contributed by atoms with E-state index in [4.69, 9.17) is 4.74 Å². The Balaban J connectivity index is 1.34. The topological polar surface area (TPSA) is 100 Å². The summed E-state index contributed by atoms with van der Waals surface area (Å²) >= 11 is 0. The van der Waals surface area contributed by atoms with E-state index in [2.05, 4.69) is 20.5 Å². The van der Waals surface area contributed by atoms with E-state index < -0.39 is 11.8 Å². The standard InChI is InChI=1S/C21H21N5O3/c27-20(21(28)26-13-1-2-15(14-26)19-9-12-23-25-19)24-16-3-5-17(6-4-16)29-18-7-10-22-11-8-18/h3-12,15H,1-2,13-14H2,(H,23,25)(H,24,27)/t15-/m1/s1. The number of aromatic amines is 1. The van der Waals surface area contributed by atoms with E-state index in [1.54, 1.807) is 59.9 Å². The van der Waals surface area contributed by atoms with Crippen LogP contribution in [0.15, 0.2) is 61.1 Å². The Labute approximate surface area is 167 Å². The molecule has 0 radical (unpaired) electrons. The molecule has 1 aliphatic heterocycles. The monoisotopic (exact) mass is 391 g/mol. The van der Waals surface area contributed by atoms with Crippen molar-refractivity contribution in [2.24, 2.45) is 0 Å². The van der Waals surface area contributed by atoms with Gasteiger partial charge in [0.1, 0.15) is 11.5 Å². The number of piperidine rings is 1. The largest absolute Gasteiger partial charge is 0.457 e. The van der Waals surface area contributed by atoms with Crippen LogP contribution in [-0.4, -0.2) is 45.0 Å². The van der Waals surface area contributed by atoms with Crippen LogP contribution in [0.2, 0.25) is 0 Å². The number of rotatable bonds is 4. The number of carbonyl (C=O) groups excluding carboxylic acids is 2. The van der Waals surface area contributed by atoms with Crippen molar-refractivity contribution in [2.75, 3.05) is 18.4 Å². The molecule has 2 amide bonds. The first kappa shape index (κ1) is 18.7. The SMILES string of the molecule is O=C(Nc1ccc(Oc2ccncc2)cc1)C(=O)N1CCC[C@@H](c2ccn[nH]2)C1. The fourth-order valence-corrected chi connectivity index (χ4v) is 3.39. The van der Waals surface area contributed by atoms with Gasteiger partial charge in [-0.2, -0.15) is 5.10 Å². The van der Waals surface area contributed by atoms with Gasteiger partial charge in [0.2, 0.25) is 0 Å². The van der Waals surface area contributed by atoms with E-state index in [0.717, 1.165) is 18.5 Å². The molecule has 0 unspecified atom stereocenters. The zero-order chi connectivity index (χ0) is 20.1. The minimum absolute atomic E-state index is 0.174. The molecule has 2 aromatic heterocycles. The average Bonchev–Trinajstić information content (AvgIpc) is 3.30. The summed E-state index contributed by atoms with van der Waals surface area (Å²) in [5, 5.41) is 9.59. The molecule has 1 aromatic carbocycles. The van der Waals surface area contributed by atoms with Gasteiger partial charge in [-0.3, -0.25) is 19.7 Å². The Morgan fingerprint density at radius 3 is 2.52 bits per heavy atom. The number of carbonyl (C=O) groups is 2. The molecule has 148 valence electrons. The molecule has 1 fully saturated rings. The maximum absolute atomic E-state index is 12.6. The van der Waals surface area contributed by atoms with E-state index in [9.17, 15) is 9.59 Å². The minimum atomic E-state index is -0.641. The van der Waals surface area contributed by atoms with Gasteiger partial charge < -0.3 is 15.0 Å². The maximum atomic E-state index is 12.6. The normalized spacial score (nSPS) is 16.3. The van der Waals surface area contributed by atoms with Gasteiger partial charge in [-0.15, -0.1) is 0 Å². The molecule has 8 heteroatoms. The zero-order valence-electron chi connectivity index (χ0n) is 15.7. The van der Waals surface area contributed by atoms with E-state index in [0.29, 0.717) is 30.3 Å². The number of ether oxygens (including phenoxy) is 1. The number of hydrogen-bond acceptors (Lipinski definition) is 5. The molecule has 0 spiro atoms. The average molecular weight is 391 g/mol. The van der Waals surface area contributed by atoms with Crippen LogP contribution >= 0.6 is 0 Å². The van der Waals surface area contributed by atoms with Crippen molar-refractivity contribution in [2.45, 2.75) is 18.8 Å². The molecule has 1 aliphatic rings. The lowest BCUT2D eigenvalue weighted by atomic mass is 9.95. The molecule has 0 bridgehead atoms. The highest BCUT2D eigenvalue weighted by molar-refractivity contribution is 6.39. The van der Waals surface area contributed by atoms with Crippen LogP contribution in [0, 0.1) is 0 Å². The summed E-state index contributed by atoms with van der Waals surface area (Å²) in [7, 11) is 0. The van der Waals surface area contributed by atoms with Gasteiger partial charge >= 0.3 is 11.8 Å². The number of nitrogens with zero attached hydrogens (tertiary/aromatic N) is 3. The molecule has 3 heterocycles. The number of hydrogen-bond donors (Lipinski definition) is 2. The van der Waals surface area contributed by atoms with Crippen molar-refractivity contribution in [3.05, 3.63) is 66.7 Å². The van der Waals surface area contributed by atoms with Gasteiger partial charge in [-0.05, 0) is 55.3 Å². The lowest BCUT2D eigenvalue weighted by Crippen LogP contribution is -2.44. The van der Waals surface area contributed by atoms with Gasteiger partial charge in [0, 0.05) is 49.0 Å². The van der Waals surface area contributed by atoms with Gasteiger partial charge in [0.15, 0.2) is 0 Å². The van der Waals surface area contributed by atoms with Gasteiger partial charge in [-0.1, -0.05) is 0 Å². The number of nitrogens with one attached hydrogen (secondary N) is 2. The summed E-state index contributed by atoms with van der Waals surface area (Å²) in [5.41, 5.74) is 1.53. The Kier molecular flexibility index (Phi) is 5.51. The van der Waals surface area contributed by atoms with Crippen LogP contribution in [0.4, 0.5) is 5.69 Å². The Morgan fingerprint density at radius 2 is 1.79 bits per heavy atom. The number of H-pyrrole nitrogens is 1. The summed E-state index contributed by atoms with van der Waals surface area (Å²) in [5.74, 6) is 0.305. The first-order valence-electron chi connectivity index (χ1n) is 9.46. The molecule has 8 nitrogen and oxygen atoms in total. The second-order valence-electron chi connectivity index (χ2n) is 6.87. The first-order chi connectivity index (χ1) is 14.2. The van der Waals surface area contributed by atoms with E-state index >= 15 is 0 Å². The molecule has 0 aliphatic carbocycles. The van der Waals surface area contributed by atoms with Gasteiger partial charge in [0.05, 0.1) is 0 Å². The highest BCUT2D eigenvalue weighted by Crippen LogP contribution is 2.26. The maximum Gasteiger partial charge on any atom is 0.313 e. The van der Waals surface area contributed by atoms with Crippen LogP contribution in [0.5, 0.6) is 11.5 Å². The third kappa shape index (κ3) is 4.60. The molecular weight excluding hydrogens is 370 g/mol. The number of aromatic nitrogens is 3. The first-order valence-corrected chi connectivity index (χ1v) is 9.46. The highest BCUT2D eigenvalue weighted by atomic mass is 16.5. The number of amides is 2. The van der Waals surface area contributed by atoms with Gasteiger partial charge in [0.25, 0.3) is 0 Å². The number of benzene rings is 1. The van der Waals surface area contributed by atoms with Crippen molar-refractivity contribution in [1.29, 1.82) is 0 Å². The fourth-order valence-electron chi connectivity index (χ4n) is 3.39. The third-order valence-electron chi connectivity index (χ3n) is 4.86. The fraction of sp³-hybridized carbons (Fsp3) is 0.238. The third-order valence-corrected chi connectivity index (χ3v) is 4.86. The molecule has 2 N–H and O–H groups in total. The zero-order valence-corrected chi connectivity index (χ0v) is 15.7. The quantitative estimate of drug-likeness (QED) is 0.666. The van der Waals surface area contributed by atoms with E-state index in [-0.39, 0.29) is 5.92 Å². The van der Waals surface area contributed by atoms with Crippen molar-refractivity contribution >= 4 is 17.5 Å². The number of pyridine rings is 1. The van der Waals surface area contributed by atoms with Crippen LogP contribution in [0.3, 0.4) is 0 Å². The molecule has 3 aromatic rings. The summed E-state index contributed by atoms with van der Waals surface area (Å²) < 4.78 is 5.69. The predicted octanol–water partition coefficient (Wildman–Crippen LogP) is 2.94. The predicted molar refractivity (Wildman–Crippen MR) is 107 cm³/mol. The van der Waals surface area contributed by atoms with Crippen LogP contribution in [0.25, 0.3) is 0 Å². The Bertz CT molecular complexity index is 958. The van der Waals surface area contributed by atoms with Gasteiger partial charge in [-0.25, -0.2) is 0 Å². The molecular formula is C21H21N5O3. The molecule has 1 atom stereocenters. The summed E-state index contributed by atoms with van der Waals surface area (Å²) in [6.45, 7) is 1.09. The summed E-state index contributed by atoms with van der Waals surface area (Å²) in [4.78, 5) is 30.5. The van der Waals surface area contributed by atoms with Crippen LogP contribution in [-0.2, 0) is 9.59 Å². The molecule has 0 saturated carbocycles. The van der Waals surface area contributed by atoms with E-state index in [1.807, 2.05) is 6.07 Å². The second kappa shape index (κ2) is 8.55. The lowest BCUT2D eigenvalue weighted by molar-refractivity contribution is -0.144. The molecule has 29 heavy (non-hydrogen) atoms. The lowest BCUT2D eigenvalue weighted by Gasteiger charge is -2.31. The van der Waals surface area contributed by atoms with Crippen molar-refractivity contribution in [1.82, 2.24) is 20.1 Å². The van der Waals surface area contributed by atoms with Crippen LogP contribution < -0.4 is 10.1 Å². The molecule has 4 rings (SSSR count). The van der Waals surface area contributed by atoms with Crippen molar-refractivity contribution in [3.8, 4) is 11.5 Å². The highest BCUT2D eigenvalue weighted by Gasteiger charge is 2.29. The number of anilines is 1. The summed E-state index contributed by atoms with van der Waals surface area (Å²) in [6, 6.07) is 12.3. The second-order valence-corrected chi connectivity index (χ2v) is 6.87. The van der Waals surface area contributed by atoms with Crippen molar-refractivity contribution in [3.63, 3.8) is 0 Å². The Hall–Kier alpha value is -3.68. The number of likely N-dealkylation sites (tertiary alicyclic amines) is 1. The Morgan fingerprint density at radius 1 is 1.03 bits per heavy atom. The smallest absolute Gasteiger partial charge is 0.313 e. The van der Waals surface area contributed by atoms with Crippen molar-refractivity contribution < 1.29 is 14.3 Å². The minimum Gasteiger partial charge on any atom is -0.457 e. The van der Waals surface area contributed by atoms with E-state index in [1.165, 1.54) is 0 Å². The molecule has 1 saturated heterocycles.